The van der Waals surface area contributed by atoms with Crippen LogP contribution in [0.25, 0.3) is 5.65 Å². The number of aromatic nitrogens is 3. The molecule has 2 atom stereocenters. The molecule has 1 aliphatic heterocycles. The summed E-state index contributed by atoms with van der Waals surface area (Å²) in [7, 11) is 0. The molecule has 1 amide bonds. The number of carbonyl (C=O) groups excluding carboxylic acids is 1. The lowest BCUT2D eigenvalue weighted by Gasteiger charge is -2.36. The first-order chi connectivity index (χ1) is 9.97. The summed E-state index contributed by atoms with van der Waals surface area (Å²) < 4.78 is 15.3. The van der Waals surface area contributed by atoms with Crippen molar-refractivity contribution in [3.63, 3.8) is 0 Å². The fourth-order valence-electron chi connectivity index (χ4n) is 3.09. The standard InChI is InChI=1S/C15H19FN4O/c1-9-4-5-19(11(3)21)8-12(9)14-6-10(2)18-15-13(16)7-17-20(14)15/h6-7,9,12H,4-5,8H2,1-3H3. The summed E-state index contributed by atoms with van der Waals surface area (Å²) in [6.07, 6.45) is 2.14. The molecule has 1 saturated heterocycles. The second-order valence-electron chi connectivity index (χ2n) is 5.89. The average Bonchev–Trinajstić information content (AvgIpc) is 2.80. The minimum absolute atomic E-state index is 0.0839. The number of likely N-dealkylation sites (tertiary alicyclic amines) is 1. The van der Waals surface area contributed by atoms with Crippen molar-refractivity contribution in [2.75, 3.05) is 13.1 Å². The van der Waals surface area contributed by atoms with Crippen molar-refractivity contribution in [1.82, 2.24) is 19.5 Å². The number of fused-ring (bicyclic) bond motifs is 1. The van der Waals surface area contributed by atoms with Gasteiger partial charge in [-0.2, -0.15) is 5.10 Å². The summed E-state index contributed by atoms with van der Waals surface area (Å²) in [5.74, 6) is 0.233. The quantitative estimate of drug-likeness (QED) is 0.808. The molecule has 0 aromatic carbocycles. The van der Waals surface area contributed by atoms with Gasteiger partial charge in [-0.15, -0.1) is 0 Å². The molecule has 2 aromatic heterocycles. The first kappa shape index (κ1) is 14.0. The lowest BCUT2D eigenvalue weighted by molar-refractivity contribution is -0.130. The smallest absolute Gasteiger partial charge is 0.219 e. The summed E-state index contributed by atoms with van der Waals surface area (Å²) in [5, 5.41) is 4.11. The Balaban J connectivity index is 2.07. The Labute approximate surface area is 122 Å². The van der Waals surface area contributed by atoms with E-state index in [0.29, 0.717) is 12.5 Å². The normalized spacial score (nSPS) is 22.8. The zero-order valence-electron chi connectivity index (χ0n) is 12.5. The van der Waals surface area contributed by atoms with Gasteiger partial charge in [0.1, 0.15) is 0 Å². The van der Waals surface area contributed by atoms with E-state index in [4.69, 9.17) is 0 Å². The maximum absolute atomic E-state index is 13.8. The number of aryl methyl sites for hydroxylation is 1. The zero-order chi connectivity index (χ0) is 15.1. The van der Waals surface area contributed by atoms with E-state index in [9.17, 15) is 9.18 Å². The minimum Gasteiger partial charge on any atom is -0.342 e. The van der Waals surface area contributed by atoms with Crippen LogP contribution >= 0.6 is 0 Å². The number of hydrogen-bond donors (Lipinski definition) is 0. The predicted octanol–water partition coefficient (Wildman–Crippen LogP) is 2.15. The molecule has 2 aromatic rings. The van der Waals surface area contributed by atoms with Gasteiger partial charge in [-0.05, 0) is 25.3 Å². The van der Waals surface area contributed by atoms with Crippen LogP contribution in [-0.4, -0.2) is 38.5 Å². The van der Waals surface area contributed by atoms with Crippen LogP contribution in [0, 0.1) is 18.7 Å². The van der Waals surface area contributed by atoms with Gasteiger partial charge in [0.05, 0.1) is 11.9 Å². The molecular formula is C15H19FN4O. The minimum atomic E-state index is -0.410. The lowest BCUT2D eigenvalue weighted by Crippen LogP contribution is -2.41. The Morgan fingerprint density at radius 3 is 2.95 bits per heavy atom. The fraction of sp³-hybridized carbons (Fsp3) is 0.533. The summed E-state index contributed by atoms with van der Waals surface area (Å²) in [6.45, 7) is 7.05. The first-order valence-corrected chi connectivity index (χ1v) is 7.23. The molecule has 1 fully saturated rings. The van der Waals surface area contributed by atoms with E-state index in [-0.39, 0.29) is 17.5 Å². The van der Waals surface area contributed by atoms with Gasteiger partial charge in [-0.3, -0.25) is 4.79 Å². The topological polar surface area (TPSA) is 50.5 Å². The first-order valence-electron chi connectivity index (χ1n) is 7.23. The number of amides is 1. The van der Waals surface area contributed by atoms with E-state index in [0.717, 1.165) is 24.4 Å². The van der Waals surface area contributed by atoms with Crippen LogP contribution in [0.3, 0.4) is 0 Å². The third-order valence-electron chi connectivity index (χ3n) is 4.37. The summed E-state index contributed by atoms with van der Waals surface area (Å²) in [6, 6.07) is 1.95. The average molecular weight is 290 g/mol. The molecule has 0 aliphatic carbocycles. The van der Waals surface area contributed by atoms with E-state index < -0.39 is 5.82 Å². The van der Waals surface area contributed by atoms with Crippen LogP contribution < -0.4 is 0 Å². The highest BCUT2D eigenvalue weighted by Gasteiger charge is 2.31. The molecule has 0 radical (unpaired) electrons. The number of nitrogens with zero attached hydrogens (tertiary/aromatic N) is 4. The third kappa shape index (κ3) is 2.39. The van der Waals surface area contributed by atoms with Crippen molar-refractivity contribution in [1.29, 1.82) is 0 Å². The van der Waals surface area contributed by atoms with E-state index in [2.05, 4.69) is 17.0 Å². The van der Waals surface area contributed by atoms with E-state index in [1.165, 1.54) is 6.20 Å². The second kappa shape index (κ2) is 5.09. The zero-order valence-corrected chi connectivity index (χ0v) is 12.5. The molecule has 3 rings (SSSR count). The molecule has 21 heavy (non-hydrogen) atoms. The fourth-order valence-corrected chi connectivity index (χ4v) is 3.09. The van der Waals surface area contributed by atoms with Gasteiger partial charge in [0, 0.05) is 31.6 Å². The summed E-state index contributed by atoms with van der Waals surface area (Å²) in [4.78, 5) is 17.7. The number of carbonyl (C=O) groups is 1. The van der Waals surface area contributed by atoms with Crippen molar-refractivity contribution in [3.8, 4) is 0 Å². The van der Waals surface area contributed by atoms with Gasteiger partial charge >= 0.3 is 0 Å². The maximum Gasteiger partial charge on any atom is 0.219 e. The van der Waals surface area contributed by atoms with Gasteiger partial charge in [0.25, 0.3) is 0 Å². The highest BCUT2D eigenvalue weighted by atomic mass is 19.1. The number of rotatable bonds is 1. The largest absolute Gasteiger partial charge is 0.342 e. The predicted molar refractivity (Wildman–Crippen MR) is 76.5 cm³/mol. The van der Waals surface area contributed by atoms with Crippen LogP contribution in [0.2, 0.25) is 0 Å². The van der Waals surface area contributed by atoms with Crippen LogP contribution in [0.5, 0.6) is 0 Å². The van der Waals surface area contributed by atoms with E-state index >= 15 is 0 Å². The van der Waals surface area contributed by atoms with Crippen molar-refractivity contribution in [2.45, 2.75) is 33.1 Å². The Morgan fingerprint density at radius 2 is 2.24 bits per heavy atom. The Morgan fingerprint density at radius 1 is 1.48 bits per heavy atom. The molecule has 0 saturated carbocycles. The highest BCUT2D eigenvalue weighted by Crippen LogP contribution is 2.32. The van der Waals surface area contributed by atoms with Gasteiger partial charge < -0.3 is 4.90 Å². The van der Waals surface area contributed by atoms with Gasteiger partial charge in [-0.25, -0.2) is 13.9 Å². The lowest BCUT2D eigenvalue weighted by atomic mass is 9.84. The van der Waals surface area contributed by atoms with Crippen molar-refractivity contribution in [2.24, 2.45) is 5.92 Å². The van der Waals surface area contributed by atoms with Gasteiger partial charge in [0.15, 0.2) is 11.5 Å². The van der Waals surface area contributed by atoms with Crippen LogP contribution in [0.4, 0.5) is 4.39 Å². The Bertz CT molecular complexity index is 696. The highest BCUT2D eigenvalue weighted by molar-refractivity contribution is 5.73. The maximum atomic E-state index is 13.8. The monoisotopic (exact) mass is 290 g/mol. The molecule has 0 bridgehead atoms. The van der Waals surface area contributed by atoms with Crippen LogP contribution in [-0.2, 0) is 4.79 Å². The molecule has 2 unspecified atom stereocenters. The van der Waals surface area contributed by atoms with Gasteiger partial charge in [0.2, 0.25) is 5.91 Å². The molecule has 3 heterocycles. The Kier molecular flexibility index (Phi) is 3.39. The molecule has 0 N–H and O–H groups in total. The van der Waals surface area contributed by atoms with E-state index in [1.807, 2.05) is 17.9 Å². The molecule has 112 valence electrons. The van der Waals surface area contributed by atoms with Crippen LogP contribution in [0.1, 0.15) is 37.6 Å². The summed E-state index contributed by atoms with van der Waals surface area (Å²) in [5.41, 5.74) is 1.96. The molecule has 6 heteroatoms. The molecule has 1 aliphatic rings. The van der Waals surface area contributed by atoms with Crippen molar-refractivity contribution >= 4 is 11.6 Å². The summed E-state index contributed by atoms with van der Waals surface area (Å²) >= 11 is 0. The molecule has 5 nitrogen and oxygen atoms in total. The van der Waals surface area contributed by atoms with Crippen molar-refractivity contribution in [3.05, 3.63) is 29.5 Å². The second-order valence-corrected chi connectivity index (χ2v) is 5.89. The van der Waals surface area contributed by atoms with Gasteiger partial charge in [-0.1, -0.05) is 6.92 Å². The Hall–Kier alpha value is -1.98. The van der Waals surface area contributed by atoms with E-state index in [1.54, 1.807) is 11.4 Å². The van der Waals surface area contributed by atoms with Crippen molar-refractivity contribution < 1.29 is 9.18 Å². The number of halogens is 1. The third-order valence-corrected chi connectivity index (χ3v) is 4.37. The number of piperidine rings is 1. The van der Waals surface area contributed by atoms with Crippen LogP contribution in [0.15, 0.2) is 12.3 Å². The SMILES string of the molecule is CC(=O)N1CCC(C)C(c2cc(C)nc3c(F)cnn23)C1. The molecule has 0 spiro atoms. The molecular weight excluding hydrogens is 271 g/mol. The number of hydrogen-bond acceptors (Lipinski definition) is 3.